The van der Waals surface area contributed by atoms with Crippen LogP contribution >= 0.6 is 11.3 Å². The standard InChI is InChI=1S/C22H23N3O2S/c26-22(20-18-6-7-19-17(10-13-28-19)21(18)27-24-20)23-16-8-11-25(12-9-16)14-15-4-2-1-3-5-15/h1-5,10,13,16H,6-9,11-12,14H2,(H,23,26). The number of piperidine rings is 1. The van der Waals surface area contributed by atoms with Crippen molar-refractivity contribution in [1.82, 2.24) is 15.4 Å². The molecule has 0 atom stereocenters. The molecule has 0 saturated carbocycles. The Kier molecular flexibility index (Phi) is 4.74. The molecule has 1 fully saturated rings. The van der Waals surface area contributed by atoms with E-state index in [-0.39, 0.29) is 11.9 Å². The van der Waals surface area contributed by atoms with E-state index in [2.05, 4.69) is 51.1 Å². The van der Waals surface area contributed by atoms with Gasteiger partial charge in [0.2, 0.25) is 0 Å². The van der Waals surface area contributed by atoms with Gasteiger partial charge in [0.15, 0.2) is 11.5 Å². The van der Waals surface area contributed by atoms with Crippen LogP contribution in [-0.4, -0.2) is 35.1 Å². The molecule has 2 aromatic heterocycles. The average molecular weight is 394 g/mol. The zero-order valence-corrected chi connectivity index (χ0v) is 16.5. The first-order valence-corrected chi connectivity index (χ1v) is 10.8. The van der Waals surface area contributed by atoms with E-state index < -0.39 is 0 Å². The Morgan fingerprint density at radius 2 is 2.00 bits per heavy atom. The largest absolute Gasteiger partial charge is 0.355 e. The number of fused-ring (bicyclic) bond motifs is 3. The first kappa shape index (κ1) is 17.6. The van der Waals surface area contributed by atoms with E-state index in [1.54, 1.807) is 11.3 Å². The molecule has 28 heavy (non-hydrogen) atoms. The lowest BCUT2D eigenvalue weighted by molar-refractivity contribution is 0.0899. The summed E-state index contributed by atoms with van der Waals surface area (Å²) in [4.78, 5) is 16.6. The fourth-order valence-electron chi connectivity index (χ4n) is 4.24. The molecule has 1 N–H and O–H groups in total. The van der Waals surface area contributed by atoms with Crippen LogP contribution < -0.4 is 5.32 Å². The van der Waals surface area contributed by atoms with Crippen LogP contribution in [0.5, 0.6) is 0 Å². The second-order valence-corrected chi connectivity index (χ2v) is 8.61. The van der Waals surface area contributed by atoms with Crippen LogP contribution in [-0.2, 0) is 19.4 Å². The summed E-state index contributed by atoms with van der Waals surface area (Å²) in [5, 5.41) is 9.38. The third-order valence-corrected chi connectivity index (χ3v) is 6.75. The van der Waals surface area contributed by atoms with Crippen LogP contribution in [0.2, 0.25) is 0 Å². The number of amides is 1. The lowest BCUT2D eigenvalue weighted by Gasteiger charge is -2.32. The number of carbonyl (C=O) groups excluding carboxylic acids is 1. The van der Waals surface area contributed by atoms with Gasteiger partial charge >= 0.3 is 0 Å². The molecule has 1 amide bonds. The van der Waals surface area contributed by atoms with Gasteiger partial charge in [-0.2, -0.15) is 0 Å². The van der Waals surface area contributed by atoms with E-state index in [1.165, 1.54) is 10.4 Å². The Bertz CT molecular complexity index is 971. The van der Waals surface area contributed by atoms with Crippen LogP contribution in [0.15, 0.2) is 46.3 Å². The topological polar surface area (TPSA) is 58.4 Å². The quantitative estimate of drug-likeness (QED) is 0.730. The van der Waals surface area contributed by atoms with Gasteiger partial charge in [0.25, 0.3) is 5.91 Å². The van der Waals surface area contributed by atoms with Crippen molar-refractivity contribution in [1.29, 1.82) is 0 Å². The number of aryl methyl sites for hydroxylation is 1. The van der Waals surface area contributed by atoms with E-state index in [4.69, 9.17) is 4.52 Å². The molecule has 3 heterocycles. The van der Waals surface area contributed by atoms with Gasteiger partial charge in [-0.25, -0.2) is 0 Å². The van der Waals surface area contributed by atoms with Gasteiger partial charge < -0.3 is 9.84 Å². The number of carbonyl (C=O) groups is 1. The number of nitrogens with zero attached hydrogens (tertiary/aromatic N) is 2. The second-order valence-electron chi connectivity index (χ2n) is 7.61. The Hall–Kier alpha value is -2.44. The number of nitrogens with one attached hydrogen (secondary N) is 1. The minimum absolute atomic E-state index is 0.0924. The zero-order valence-electron chi connectivity index (χ0n) is 15.7. The van der Waals surface area contributed by atoms with Gasteiger partial charge in [0, 0.05) is 41.7 Å². The molecule has 3 aromatic rings. The molecule has 0 spiro atoms. The summed E-state index contributed by atoms with van der Waals surface area (Å²) in [6.07, 6.45) is 3.71. The van der Waals surface area contributed by atoms with Crippen LogP contribution in [0.3, 0.4) is 0 Å². The highest BCUT2D eigenvalue weighted by Gasteiger charge is 2.29. The minimum atomic E-state index is -0.0924. The zero-order chi connectivity index (χ0) is 18.9. The highest BCUT2D eigenvalue weighted by atomic mass is 32.1. The third-order valence-electron chi connectivity index (χ3n) is 5.77. The summed E-state index contributed by atoms with van der Waals surface area (Å²) in [6, 6.07) is 12.8. The summed E-state index contributed by atoms with van der Waals surface area (Å²) >= 11 is 1.74. The predicted octanol–water partition coefficient (Wildman–Crippen LogP) is 3.90. The summed E-state index contributed by atoms with van der Waals surface area (Å²) < 4.78 is 5.55. The van der Waals surface area contributed by atoms with E-state index >= 15 is 0 Å². The molecule has 5 rings (SSSR count). The average Bonchev–Trinajstić information content (AvgIpc) is 3.36. The van der Waals surface area contributed by atoms with E-state index in [0.29, 0.717) is 5.69 Å². The van der Waals surface area contributed by atoms with Crippen LogP contribution in [0.25, 0.3) is 11.3 Å². The van der Waals surface area contributed by atoms with Crippen molar-refractivity contribution >= 4 is 17.2 Å². The molecule has 0 radical (unpaired) electrons. The maximum Gasteiger partial charge on any atom is 0.273 e. The van der Waals surface area contributed by atoms with Crippen molar-refractivity contribution in [2.45, 2.75) is 38.3 Å². The van der Waals surface area contributed by atoms with Crippen LogP contribution in [0.4, 0.5) is 0 Å². The molecule has 0 unspecified atom stereocenters. The van der Waals surface area contributed by atoms with Crippen molar-refractivity contribution in [3.05, 3.63) is 63.5 Å². The fraction of sp³-hybridized carbons (Fsp3) is 0.364. The maximum absolute atomic E-state index is 12.8. The molecule has 6 heteroatoms. The molecule has 1 aliphatic heterocycles. The fourth-order valence-corrected chi connectivity index (χ4v) is 5.11. The first-order valence-electron chi connectivity index (χ1n) is 9.90. The van der Waals surface area contributed by atoms with Crippen molar-refractivity contribution in [2.24, 2.45) is 0 Å². The number of hydrogen-bond acceptors (Lipinski definition) is 5. The summed E-state index contributed by atoms with van der Waals surface area (Å²) in [6.45, 7) is 2.96. The molecular formula is C22H23N3O2S. The van der Waals surface area contributed by atoms with Gasteiger partial charge in [-0.3, -0.25) is 9.69 Å². The van der Waals surface area contributed by atoms with Crippen LogP contribution in [0.1, 0.15) is 39.3 Å². The molecule has 144 valence electrons. The maximum atomic E-state index is 12.8. The molecule has 2 aliphatic rings. The molecule has 1 saturated heterocycles. The Morgan fingerprint density at radius 1 is 1.18 bits per heavy atom. The number of thiophene rings is 1. The summed E-state index contributed by atoms with van der Waals surface area (Å²) in [7, 11) is 0. The van der Waals surface area contributed by atoms with E-state index in [9.17, 15) is 4.79 Å². The lowest BCUT2D eigenvalue weighted by atomic mass is 9.95. The smallest absolute Gasteiger partial charge is 0.273 e. The number of rotatable bonds is 4. The molecular weight excluding hydrogens is 370 g/mol. The molecule has 5 nitrogen and oxygen atoms in total. The van der Waals surface area contributed by atoms with Crippen molar-refractivity contribution < 1.29 is 9.32 Å². The highest BCUT2D eigenvalue weighted by molar-refractivity contribution is 7.10. The number of benzene rings is 1. The Labute approximate surface area is 168 Å². The highest BCUT2D eigenvalue weighted by Crippen LogP contribution is 2.38. The SMILES string of the molecule is O=C(NC1CCN(Cc2ccccc2)CC1)c1noc2c1CCc1sccc1-2. The van der Waals surface area contributed by atoms with Crippen molar-refractivity contribution in [3.8, 4) is 11.3 Å². The van der Waals surface area contributed by atoms with Gasteiger partial charge in [0.05, 0.1) is 0 Å². The number of likely N-dealkylation sites (tertiary alicyclic amines) is 1. The van der Waals surface area contributed by atoms with Crippen molar-refractivity contribution in [3.63, 3.8) is 0 Å². The van der Waals surface area contributed by atoms with Gasteiger partial charge in [-0.05, 0) is 42.7 Å². The van der Waals surface area contributed by atoms with E-state index in [0.717, 1.165) is 62.2 Å². The summed E-state index contributed by atoms with van der Waals surface area (Å²) in [5.41, 5.74) is 3.88. The van der Waals surface area contributed by atoms with Gasteiger partial charge in [-0.1, -0.05) is 35.5 Å². The third kappa shape index (κ3) is 3.38. The minimum Gasteiger partial charge on any atom is -0.355 e. The van der Waals surface area contributed by atoms with Gasteiger partial charge in [0.1, 0.15) is 0 Å². The number of hydrogen-bond donors (Lipinski definition) is 1. The number of aromatic nitrogens is 1. The second kappa shape index (κ2) is 7.53. The van der Waals surface area contributed by atoms with Gasteiger partial charge in [-0.15, -0.1) is 11.3 Å². The Morgan fingerprint density at radius 3 is 2.82 bits per heavy atom. The first-order chi connectivity index (χ1) is 13.8. The molecule has 0 bridgehead atoms. The normalized spacial score (nSPS) is 17.1. The molecule has 1 aromatic carbocycles. The van der Waals surface area contributed by atoms with E-state index in [1.807, 2.05) is 6.07 Å². The monoisotopic (exact) mass is 393 g/mol. The van der Waals surface area contributed by atoms with Crippen LogP contribution in [0, 0.1) is 0 Å². The Balaban J connectivity index is 1.20. The lowest BCUT2D eigenvalue weighted by Crippen LogP contribution is -2.44. The summed E-state index contributed by atoms with van der Waals surface area (Å²) in [5.74, 6) is 0.690. The molecule has 1 aliphatic carbocycles. The van der Waals surface area contributed by atoms with Crippen molar-refractivity contribution in [2.75, 3.05) is 13.1 Å². The predicted molar refractivity (Wildman–Crippen MR) is 109 cm³/mol.